The van der Waals surface area contributed by atoms with Crippen LogP contribution in [0.25, 0.3) is 0 Å². The lowest BCUT2D eigenvalue weighted by molar-refractivity contribution is -0.404. The van der Waals surface area contributed by atoms with Crippen molar-refractivity contribution in [2.75, 3.05) is 20.1 Å². The zero-order valence-electron chi connectivity index (χ0n) is 7.82. The Labute approximate surface area is 77.6 Å². The van der Waals surface area contributed by atoms with Crippen LogP contribution in [0, 0.1) is 10.1 Å². The first-order valence-electron chi connectivity index (χ1n) is 4.52. The van der Waals surface area contributed by atoms with Gasteiger partial charge in [0.15, 0.2) is 5.82 Å². The number of rotatable bonds is 3. The van der Waals surface area contributed by atoms with E-state index in [2.05, 4.69) is 5.32 Å². The van der Waals surface area contributed by atoms with Crippen LogP contribution < -0.4 is 5.32 Å². The molecule has 5 heteroatoms. The predicted octanol–water partition coefficient (Wildman–Crippen LogP) is 0.767. The second kappa shape index (κ2) is 4.69. The van der Waals surface area contributed by atoms with Crippen LogP contribution in [0.3, 0.4) is 0 Å². The largest absolute Gasteiger partial charge is 0.370 e. The molecule has 1 rings (SSSR count). The van der Waals surface area contributed by atoms with Gasteiger partial charge >= 0.3 is 0 Å². The summed E-state index contributed by atoms with van der Waals surface area (Å²) in [7, 11) is 1.71. The van der Waals surface area contributed by atoms with E-state index in [0.717, 1.165) is 32.1 Å². The van der Waals surface area contributed by atoms with Gasteiger partial charge < -0.3 is 10.2 Å². The molecule has 0 aromatic rings. The minimum atomic E-state index is -0.416. The Morgan fingerprint density at radius 2 is 2.08 bits per heavy atom. The van der Waals surface area contributed by atoms with Gasteiger partial charge in [-0.1, -0.05) is 0 Å². The van der Waals surface area contributed by atoms with Crippen LogP contribution >= 0.6 is 0 Å². The lowest BCUT2D eigenvalue weighted by Crippen LogP contribution is -2.34. The summed E-state index contributed by atoms with van der Waals surface area (Å²) in [6.07, 6.45) is 4.50. The number of hydrogen-bond acceptors (Lipinski definition) is 4. The molecular formula is C8H15N3O2. The number of piperidine rings is 1. The van der Waals surface area contributed by atoms with Crippen LogP contribution in [0.2, 0.25) is 0 Å². The van der Waals surface area contributed by atoms with Gasteiger partial charge in [-0.25, -0.2) is 0 Å². The Morgan fingerprint density at radius 3 is 2.54 bits per heavy atom. The van der Waals surface area contributed by atoms with Gasteiger partial charge in [-0.15, -0.1) is 0 Å². The van der Waals surface area contributed by atoms with Crippen LogP contribution in [0.15, 0.2) is 12.0 Å². The van der Waals surface area contributed by atoms with Gasteiger partial charge in [0.2, 0.25) is 0 Å². The Bertz CT molecular complexity index is 209. The van der Waals surface area contributed by atoms with Crippen molar-refractivity contribution in [2.45, 2.75) is 19.3 Å². The Kier molecular flexibility index (Phi) is 3.54. The molecule has 0 radical (unpaired) electrons. The highest BCUT2D eigenvalue weighted by molar-refractivity contribution is 4.94. The molecule has 0 aromatic carbocycles. The van der Waals surface area contributed by atoms with Crippen molar-refractivity contribution in [1.29, 1.82) is 0 Å². The summed E-state index contributed by atoms with van der Waals surface area (Å²) in [4.78, 5) is 11.9. The SMILES string of the molecule is CNC(=C[N+](=O)[O-])N1CCCCC1. The van der Waals surface area contributed by atoms with E-state index in [9.17, 15) is 10.1 Å². The fraction of sp³-hybridized carbons (Fsp3) is 0.750. The molecule has 5 nitrogen and oxygen atoms in total. The van der Waals surface area contributed by atoms with Gasteiger partial charge in [-0.05, 0) is 19.3 Å². The van der Waals surface area contributed by atoms with Gasteiger partial charge in [-0.2, -0.15) is 0 Å². The summed E-state index contributed by atoms with van der Waals surface area (Å²) in [6, 6.07) is 0. The average Bonchev–Trinajstić information content (AvgIpc) is 2.15. The van der Waals surface area contributed by atoms with Gasteiger partial charge in [0.25, 0.3) is 6.20 Å². The Hall–Kier alpha value is -1.26. The number of hydrogen-bond donors (Lipinski definition) is 1. The first kappa shape index (κ1) is 9.83. The molecular weight excluding hydrogens is 170 g/mol. The zero-order chi connectivity index (χ0) is 9.68. The highest BCUT2D eigenvalue weighted by Gasteiger charge is 2.14. The van der Waals surface area contributed by atoms with Gasteiger partial charge in [0, 0.05) is 20.1 Å². The lowest BCUT2D eigenvalue weighted by atomic mass is 10.1. The maximum atomic E-state index is 10.3. The first-order valence-corrected chi connectivity index (χ1v) is 4.52. The molecule has 0 spiro atoms. The molecule has 0 aromatic heterocycles. The van der Waals surface area contributed by atoms with Crippen molar-refractivity contribution in [3.63, 3.8) is 0 Å². The molecule has 1 N–H and O–H groups in total. The fourth-order valence-corrected chi connectivity index (χ4v) is 1.54. The summed E-state index contributed by atoms with van der Waals surface area (Å²) in [5.74, 6) is 0.615. The summed E-state index contributed by atoms with van der Waals surface area (Å²) < 4.78 is 0. The van der Waals surface area contributed by atoms with Gasteiger partial charge in [-0.3, -0.25) is 10.1 Å². The lowest BCUT2D eigenvalue weighted by Gasteiger charge is -2.28. The topological polar surface area (TPSA) is 58.4 Å². The van der Waals surface area contributed by atoms with E-state index in [4.69, 9.17) is 0 Å². The average molecular weight is 185 g/mol. The van der Waals surface area contributed by atoms with Crippen LogP contribution in [0.5, 0.6) is 0 Å². The maximum absolute atomic E-state index is 10.3. The van der Waals surface area contributed by atoms with Crippen molar-refractivity contribution >= 4 is 0 Å². The van der Waals surface area contributed by atoms with Crippen molar-refractivity contribution < 1.29 is 4.92 Å². The van der Waals surface area contributed by atoms with Crippen molar-refractivity contribution in [3.8, 4) is 0 Å². The van der Waals surface area contributed by atoms with E-state index in [1.807, 2.05) is 4.90 Å². The molecule has 1 heterocycles. The summed E-state index contributed by atoms with van der Waals surface area (Å²) >= 11 is 0. The molecule has 0 unspecified atom stereocenters. The van der Waals surface area contributed by atoms with Crippen molar-refractivity contribution in [1.82, 2.24) is 10.2 Å². The first-order chi connectivity index (χ1) is 6.24. The molecule has 1 fully saturated rings. The van der Waals surface area contributed by atoms with E-state index in [-0.39, 0.29) is 0 Å². The van der Waals surface area contributed by atoms with Crippen LogP contribution in [-0.2, 0) is 0 Å². The summed E-state index contributed by atoms with van der Waals surface area (Å²) in [5, 5.41) is 13.1. The molecule has 0 saturated carbocycles. The second-order valence-corrected chi connectivity index (χ2v) is 3.10. The number of likely N-dealkylation sites (tertiary alicyclic amines) is 1. The van der Waals surface area contributed by atoms with Crippen molar-refractivity contribution in [2.24, 2.45) is 0 Å². The zero-order valence-corrected chi connectivity index (χ0v) is 7.82. The monoisotopic (exact) mass is 185 g/mol. The molecule has 1 aliphatic rings. The summed E-state index contributed by atoms with van der Waals surface area (Å²) in [6.45, 7) is 1.83. The minimum Gasteiger partial charge on any atom is -0.370 e. The minimum absolute atomic E-state index is 0.416. The van der Waals surface area contributed by atoms with Crippen LogP contribution in [0.1, 0.15) is 19.3 Å². The highest BCUT2D eigenvalue weighted by Crippen LogP contribution is 2.12. The number of nitrogens with one attached hydrogen (secondary N) is 1. The molecule has 74 valence electrons. The molecule has 13 heavy (non-hydrogen) atoms. The van der Waals surface area contributed by atoms with E-state index < -0.39 is 4.92 Å². The predicted molar refractivity (Wildman–Crippen MR) is 49.6 cm³/mol. The normalized spacial score (nSPS) is 18.5. The number of nitrogens with zero attached hydrogens (tertiary/aromatic N) is 2. The number of nitro groups is 1. The van der Waals surface area contributed by atoms with E-state index in [0.29, 0.717) is 5.82 Å². The van der Waals surface area contributed by atoms with Gasteiger partial charge in [0.05, 0.1) is 4.92 Å². The molecule has 0 amide bonds. The van der Waals surface area contributed by atoms with Crippen LogP contribution in [-0.4, -0.2) is 30.0 Å². The fourth-order valence-electron chi connectivity index (χ4n) is 1.54. The van der Waals surface area contributed by atoms with Crippen LogP contribution in [0.4, 0.5) is 0 Å². The standard InChI is InChI=1S/C8H15N3O2/c1-9-8(7-11(12)13)10-5-3-2-4-6-10/h7,9H,2-6H2,1H3. The third-order valence-electron chi connectivity index (χ3n) is 2.18. The Balaban J connectivity index is 2.58. The van der Waals surface area contributed by atoms with E-state index in [1.54, 1.807) is 7.05 Å². The molecule has 0 atom stereocenters. The van der Waals surface area contributed by atoms with Crippen molar-refractivity contribution in [3.05, 3.63) is 22.1 Å². The van der Waals surface area contributed by atoms with E-state index in [1.165, 1.54) is 6.42 Å². The smallest absolute Gasteiger partial charge is 0.274 e. The third-order valence-corrected chi connectivity index (χ3v) is 2.18. The molecule has 1 aliphatic heterocycles. The highest BCUT2D eigenvalue weighted by atomic mass is 16.6. The maximum Gasteiger partial charge on any atom is 0.274 e. The second-order valence-electron chi connectivity index (χ2n) is 3.10. The quantitative estimate of drug-likeness (QED) is 0.521. The molecule has 0 aliphatic carbocycles. The third kappa shape index (κ3) is 2.93. The molecule has 1 saturated heterocycles. The molecule has 0 bridgehead atoms. The summed E-state index contributed by atoms with van der Waals surface area (Å²) in [5.41, 5.74) is 0. The Morgan fingerprint density at radius 1 is 1.46 bits per heavy atom. The van der Waals surface area contributed by atoms with Gasteiger partial charge in [0.1, 0.15) is 0 Å². The van der Waals surface area contributed by atoms with E-state index >= 15 is 0 Å².